The topological polar surface area (TPSA) is 88.1 Å². The van der Waals surface area contributed by atoms with Crippen LogP contribution < -0.4 is 10.2 Å². The number of nitrogens with zero attached hydrogens (tertiary/aromatic N) is 2. The number of amides is 1. The third-order valence-corrected chi connectivity index (χ3v) is 5.92. The van der Waals surface area contributed by atoms with Gasteiger partial charge in [0.2, 0.25) is 5.91 Å². The number of anilines is 2. The molecule has 0 aliphatic carbocycles. The average Bonchev–Trinajstić information content (AvgIpc) is 3.10. The highest BCUT2D eigenvalue weighted by molar-refractivity contribution is 7.90. The van der Waals surface area contributed by atoms with E-state index in [1.54, 1.807) is 26.0 Å². The molecule has 7 nitrogen and oxygen atoms in total. The van der Waals surface area contributed by atoms with Gasteiger partial charge in [0.15, 0.2) is 0 Å². The molecule has 8 heteroatoms. The predicted octanol–water partition coefficient (Wildman–Crippen LogP) is 2.78. The third-order valence-electron chi connectivity index (χ3n) is 4.58. The number of sulfonamides is 1. The quantitative estimate of drug-likeness (QED) is 0.850. The second-order valence-electron chi connectivity index (χ2n) is 6.91. The van der Waals surface area contributed by atoms with Crippen LogP contribution >= 0.6 is 0 Å². The van der Waals surface area contributed by atoms with Crippen LogP contribution in [0.3, 0.4) is 0 Å². The van der Waals surface area contributed by atoms with E-state index < -0.39 is 10.0 Å². The molecule has 2 aliphatic heterocycles. The second-order valence-corrected chi connectivity index (χ2v) is 8.48. The Morgan fingerprint density at radius 3 is 2.81 bits per heavy atom. The highest BCUT2D eigenvalue weighted by Crippen LogP contribution is 2.35. The monoisotopic (exact) mass is 379 g/mol. The van der Waals surface area contributed by atoms with Gasteiger partial charge in [0.05, 0.1) is 18.3 Å². The van der Waals surface area contributed by atoms with E-state index in [4.69, 9.17) is 4.74 Å². The first kappa shape index (κ1) is 18.8. The van der Waals surface area contributed by atoms with E-state index >= 15 is 0 Å². The number of nitrogens with one attached hydrogen (secondary N) is 1. The Kier molecular flexibility index (Phi) is 5.34. The molecule has 0 bridgehead atoms. The second kappa shape index (κ2) is 7.36. The zero-order valence-electron chi connectivity index (χ0n) is 15.4. The molecule has 1 fully saturated rings. The van der Waals surface area contributed by atoms with E-state index in [0.29, 0.717) is 30.2 Å². The van der Waals surface area contributed by atoms with Gasteiger partial charge in [-0.25, -0.2) is 0 Å². The molecule has 1 aromatic carbocycles. The first-order valence-electron chi connectivity index (χ1n) is 8.99. The number of carbonyl (C=O) groups is 1. The summed E-state index contributed by atoms with van der Waals surface area (Å²) in [6, 6.07) is 4.96. The molecule has 0 radical (unpaired) electrons. The molecule has 1 N–H and O–H groups in total. The maximum atomic E-state index is 12.6. The van der Waals surface area contributed by atoms with Crippen molar-refractivity contribution in [1.29, 1.82) is 0 Å². The smallest absolute Gasteiger partial charge is 0.286 e. The van der Waals surface area contributed by atoms with Crippen molar-refractivity contribution >= 4 is 33.1 Å². The van der Waals surface area contributed by atoms with Gasteiger partial charge in [-0.1, -0.05) is 20.8 Å². The molecule has 0 saturated carbocycles. The maximum Gasteiger partial charge on any atom is 0.286 e. The van der Waals surface area contributed by atoms with Crippen LogP contribution in [0.25, 0.3) is 0 Å². The summed E-state index contributed by atoms with van der Waals surface area (Å²) in [4.78, 5) is 14.0. The Bertz CT molecular complexity index is 827. The fraction of sp³-hybridized carbons (Fsp3) is 0.556. The van der Waals surface area contributed by atoms with Gasteiger partial charge in [0.1, 0.15) is 10.7 Å². The SMILES string of the molecule is CCC1=NS(=O)(=O)c2cc(NC(=O)C(C)C)ccc2N1CC1CCCO1. The molecule has 26 heavy (non-hydrogen) atoms. The summed E-state index contributed by atoms with van der Waals surface area (Å²) in [5.41, 5.74) is 1.05. The average molecular weight is 379 g/mol. The lowest BCUT2D eigenvalue weighted by atomic mass is 10.1. The zero-order chi connectivity index (χ0) is 18.9. The molecule has 1 atom stereocenters. The van der Waals surface area contributed by atoms with Crippen LogP contribution in [0.4, 0.5) is 11.4 Å². The molecular formula is C18H25N3O4S. The number of fused-ring (bicyclic) bond motifs is 1. The minimum absolute atomic E-state index is 0.0701. The largest absolute Gasteiger partial charge is 0.376 e. The van der Waals surface area contributed by atoms with Gasteiger partial charge in [-0.05, 0) is 31.0 Å². The predicted molar refractivity (Wildman–Crippen MR) is 101 cm³/mol. The van der Waals surface area contributed by atoms with Gasteiger partial charge in [0.25, 0.3) is 10.0 Å². The van der Waals surface area contributed by atoms with Crippen LogP contribution in [-0.2, 0) is 19.6 Å². The highest BCUT2D eigenvalue weighted by atomic mass is 32.2. The number of ether oxygens (including phenoxy) is 1. The molecule has 0 spiro atoms. The lowest BCUT2D eigenvalue weighted by molar-refractivity contribution is -0.118. The number of rotatable bonds is 5. The first-order valence-corrected chi connectivity index (χ1v) is 10.4. The fourth-order valence-corrected chi connectivity index (χ4v) is 4.46. The van der Waals surface area contributed by atoms with Crippen LogP contribution in [0.2, 0.25) is 0 Å². The van der Waals surface area contributed by atoms with Gasteiger partial charge in [-0.15, -0.1) is 4.40 Å². The number of carbonyl (C=O) groups excluding carboxylic acids is 1. The van der Waals surface area contributed by atoms with E-state index in [-0.39, 0.29) is 22.8 Å². The molecule has 142 valence electrons. The van der Waals surface area contributed by atoms with Crippen LogP contribution in [0.5, 0.6) is 0 Å². The van der Waals surface area contributed by atoms with E-state index in [0.717, 1.165) is 19.4 Å². The summed E-state index contributed by atoms with van der Waals surface area (Å²) in [7, 11) is -3.79. The summed E-state index contributed by atoms with van der Waals surface area (Å²) in [5, 5.41) is 2.75. The number of benzene rings is 1. The maximum absolute atomic E-state index is 12.6. The third kappa shape index (κ3) is 3.76. The van der Waals surface area contributed by atoms with Crippen molar-refractivity contribution in [3.8, 4) is 0 Å². The van der Waals surface area contributed by atoms with Gasteiger partial charge in [0, 0.05) is 24.6 Å². The van der Waals surface area contributed by atoms with Crippen molar-refractivity contribution in [2.75, 3.05) is 23.4 Å². The Morgan fingerprint density at radius 1 is 1.42 bits per heavy atom. The van der Waals surface area contributed by atoms with Crippen LogP contribution in [0, 0.1) is 5.92 Å². The van der Waals surface area contributed by atoms with Gasteiger partial charge >= 0.3 is 0 Å². The standard InChI is InChI=1S/C18H25N3O4S/c1-4-17-20-26(23,24)16-10-13(19-18(22)12(2)3)7-8-15(16)21(17)11-14-6-5-9-25-14/h7-8,10,12,14H,4-6,9,11H2,1-3H3,(H,19,22). The molecule has 1 saturated heterocycles. The zero-order valence-corrected chi connectivity index (χ0v) is 16.2. The van der Waals surface area contributed by atoms with Crippen LogP contribution in [0.15, 0.2) is 27.5 Å². The Morgan fingerprint density at radius 2 is 2.19 bits per heavy atom. The van der Waals surface area contributed by atoms with Crippen molar-refractivity contribution in [1.82, 2.24) is 0 Å². The minimum Gasteiger partial charge on any atom is -0.376 e. The van der Waals surface area contributed by atoms with E-state index in [9.17, 15) is 13.2 Å². The lowest BCUT2D eigenvalue weighted by Gasteiger charge is -2.32. The molecule has 2 aliphatic rings. The number of hydrogen-bond donors (Lipinski definition) is 1. The van der Waals surface area contributed by atoms with Crippen molar-refractivity contribution < 1.29 is 17.9 Å². The summed E-state index contributed by atoms with van der Waals surface area (Å²) in [6.45, 7) is 6.77. The molecule has 1 unspecified atom stereocenters. The normalized spacial score (nSPS) is 21.5. The molecule has 1 aromatic rings. The van der Waals surface area contributed by atoms with Crippen LogP contribution in [0.1, 0.15) is 40.0 Å². The molecule has 3 rings (SSSR count). The summed E-state index contributed by atoms with van der Waals surface area (Å²) < 4.78 is 35.0. The molecule has 1 amide bonds. The number of hydrogen-bond acceptors (Lipinski definition) is 5. The lowest BCUT2D eigenvalue weighted by Crippen LogP contribution is -2.40. The first-order chi connectivity index (χ1) is 12.3. The van der Waals surface area contributed by atoms with E-state index in [2.05, 4.69) is 9.71 Å². The Balaban J connectivity index is 1.97. The Hall–Kier alpha value is -1.93. The van der Waals surface area contributed by atoms with Crippen molar-refractivity contribution in [3.63, 3.8) is 0 Å². The Labute approximate surface area is 154 Å². The van der Waals surface area contributed by atoms with Gasteiger partial charge in [-0.3, -0.25) is 4.79 Å². The van der Waals surface area contributed by atoms with E-state index in [1.807, 2.05) is 11.8 Å². The van der Waals surface area contributed by atoms with E-state index in [1.165, 1.54) is 6.07 Å². The van der Waals surface area contributed by atoms with Crippen molar-refractivity contribution in [2.24, 2.45) is 10.3 Å². The molecule has 2 heterocycles. The van der Waals surface area contributed by atoms with Crippen molar-refractivity contribution in [3.05, 3.63) is 18.2 Å². The molecule has 0 aromatic heterocycles. The summed E-state index contributed by atoms with van der Waals surface area (Å²) in [6.07, 6.45) is 2.55. The number of amidine groups is 1. The van der Waals surface area contributed by atoms with Crippen molar-refractivity contribution in [2.45, 2.75) is 51.0 Å². The van der Waals surface area contributed by atoms with Gasteiger partial charge in [-0.2, -0.15) is 8.42 Å². The minimum atomic E-state index is -3.79. The summed E-state index contributed by atoms with van der Waals surface area (Å²) >= 11 is 0. The highest BCUT2D eigenvalue weighted by Gasteiger charge is 2.32. The summed E-state index contributed by atoms with van der Waals surface area (Å²) in [5.74, 6) is 0.169. The van der Waals surface area contributed by atoms with Gasteiger partial charge < -0.3 is 15.0 Å². The molecular weight excluding hydrogens is 354 g/mol. The van der Waals surface area contributed by atoms with Crippen LogP contribution in [-0.4, -0.2) is 39.4 Å². The fourth-order valence-electron chi connectivity index (χ4n) is 3.14.